The normalized spacial score (nSPS) is 12.2. The van der Waals surface area contributed by atoms with Crippen LogP contribution in [0.5, 0.6) is 0 Å². The summed E-state index contributed by atoms with van der Waals surface area (Å²) in [6, 6.07) is 47.1. The van der Waals surface area contributed by atoms with Gasteiger partial charge in [0.05, 0.1) is 27.6 Å². The van der Waals surface area contributed by atoms with Crippen molar-refractivity contribution < 1.29 is 0 Å². The fraction of sp³-hybridized carbons (Fsp3) is 0. The van der Waals surface area contributed by atoms with E-state index < -0.39 is 0 Å². The zero-order valence-corrected chi connectivity index (χ0v) is 25.5. The molecule has 0 bridgehead atoms. The van der Waals surface area contributed by atoms with Crippen LogP contribution in [0.2, 0.25) is 0 Å². The molecule has 0 spiro atoms. The minimum atomic E-state index is 0.744. The largest absolute Gasteiger partial charge is 0.309 e. The molecule has 222 valence electrons. The van der Waals surface area contributed by atoms with Crippen molar-refractivity contribution in [2.24, 2.45) is 0 Å². The summed E-state index contributed by atoms with van der Waals surface area (Å²) in [4.78, 5) is 20.2. The molecule has 0 saturated carbocycles. The van der Waals surface area contributed by atoms with Gasteiger partial charge in [-0.15, -0.1) is 0 Å². The van der Waals surface area contributed by atoms with Crippen molar-refractivity contribution in [2.45, 2.75) is 0 Å². The number of hydrogen-bond donors (Lipinski definition) is 0. The molecule has 1 aliphatic heterocycles. The molecule has 0 amide bonds. The van der Waals surface area contributed by atoms with Gasteiger partial charge in [-0.25, -0.2) is 15.0 Å². The number of rotatable bonds is 2. The first-order chi connectivity index (χ1) is 23.8. The summed E-state index contributed by atoms with van der Waals surface area (Å²) in [6.45, 7) is 0. The molecule has 5 aromatic carbocycles. The van der Waals surface area contributed by atoms with Gasteiger partial charge in [0.15, 0.2) is 5.82 Å². The van der Waals surface area contributed by atoms with Crippen LogP contribution in [0.1, 0.15) is 0 Å². The maximum atomic E-state index is 5.21. The molecule has 6 nitrogen and oxygen atoms in total. The lowest BCUT2D eigenvalue weighted by Crippen LogP contribution is -2.03. The van der Waals surface area contributed by atoms with Crippen LogP contribution in [0.25, 0.3) is 99.9 Å². The van der Waals surface area contributed by atoms with Crippen molar-refractivity contribution in [2.75, 3.05) is 0 Å². The Morgan fingerprint density at radius 3 is 2.08 bits per heavy atom. The van der Waals surface area contributed by atoms with Gasteiger partial charge in [0.25, 0.3) is 0 Å². The molecule has 48 heavy (non-hydrogen) atoms. The molecule has 11 rings (SSSR count). The van der Waals surface area contributed by atoms with Gasteiger partial charge in [0, 0.05) is 50.8 Å². The van der Waals surface area contributed by atoms with E-state index in [1.165, 1.54) is 21.8 Å². The summed E-state index contributed by atoms with van der Waals surface area (Å²) in [5.41, 5.74) is 13.1. The van der Waals surface area contributed by atoms with Crippen LogP contribution >= 0.6 is 0 Å². The lowest BCUT2D eigenvalue weighted by atomic mass is 9.94. The van der Waals surface area contributed by atoms with Gasteiger partial charge in [0.1, 0.15) is 17.0 Å². The Bertz CT molecular complexity index is 2950. The molecule has 0 unspecified atom stereocenters. The first-order valence-electron chi connectivity index (χ1n) is 16.1. The van der Waals surface area contributed by atoms with Crippen molar-refractivity contribution in [1.82, 2.24) is 29.1 Å². The molecule has 6 heterocycles. The van der Waals surface area contributed by atoms with Gasteiger partial charge in [0.2, 0.25) is 0 Å². The minimum absolute atomic E-state index is 0.744. The van der Waals surface area contributed by atoms with E-state index in [2.05, 4.69) is 106 Å². The van der Waals surface area contributed by atoms with Gasteiger partial charge < -0.3 is 4.57 Å². The molecule has 0 atom stereocenters. The number of pyridine rings is 2. The van der Waals surface area contributed by atoms with Crippen molar-refractivity contribution in [3.05, 3.63) is 146 Å². The quantitative estimate of drug-likeness (QED) is 0.195. The number of benzene rings is 5. The van der Waals surface area contributed by atoms with Gasteiger partial charge in [-0.3, -0.25) is 9.55 Å². The van der Waals surface area contributed by atoms with Gasteiger partial charge in [-0.2, -0.15) is 0 Å². The first-order valence-corrected chi connectivity index (χ1v) is 16.1. The Kier molecular flexibility index (Phi) is 5.02. The molecule has 0 radical (unpaired) electrons. The van der Waals surface area contributed by atoms with Crippen molar-refractivity contribution in [3.8, 4) is 45.1 Å². The number of fused-ring (bicyclic) bond motifs is 12. The highest BCUT2D eigenvalue weighted by molar-refractivity contribution is 6.17. The van der Waals surface area contributed by atoms with Crippen LogP contribution in [0, 0.1) is 0 Å². The third-order valence-electron chi connectivity index (χ3n) is 9.73. The van der Waals surface area contributed by atoms with Crippen LogP contribution in [-0.4, -0.2) is 29.1 Å². The Labute approximate surface area is 274 Å². The maximum absolute atomic E-state index is 5.21. The van der Waals surface area contributed by atoms with Crippen molar-refractivity contribution >= 4 is 54.8 Å². The smallest absolute Gasteiger partial charge is 0.167 e. The molecule has 1 aliphatic rings. The molecule has 0 aliphatic carbocycles. The molecule has 0 N–H and O–H groups in total. The Balaban J connectivity index is 1.24. The fourth-order valence-corrected chi connectivity index (χ4v) is 7.67. The average Bonchev–Trinajstić information content (AvgIpc) is 3.63. The lowest BCUT2D eigenvalue weighted by Gasteiger charge is -2.11. The van der Waals surface area contributed by atoms with E-state index in [1.807, 2.05) is 48.8 Å². The van der Waals surface area contributed by atoms with Crippen molar-refractivity contribution in [3.63, 3.8) is 0 Å². The standard InChI is InChI=1S/C42H24N6/c1-2-10-27(11-3-1)47-36-17-7-4-12-28(36)31-22-25(18-19-37(31)47)26-23-32-29-13-8-20-43-38(29)39-42(46-35-16-6-5-15-34(35)45-39)48-40(32)33(24-26)30-14-9-21-44-41(30)48/h1-24H. The Morgan fingerprint density at radius 1 is 0.438 bits per heavy atom. The SMILES string of the molecule is c1ccc(-n2c3ccccc3c3cc(-c4cc5c6c(c4)c4cccnc4n6-c4nc6ccccc6nc4-c4ncccc4-5)ccc32)cc1. The number of hydrogen-bond acceptors (Lipinski definition) is 4. The monoisotopic (exact) mass is 612 g/mol. The van der Waals surface area contributed by atoms with Crippen LogP contribution in [0.15, 0.2) is 146 Å². The summed E-state index contributed by atoms with van der Waals surface area (Å²) in [7, 11) is 0. The highest BCUT2D eigenvalue weighted by atomic mass is 15.1. The van der Waals surface area contributed by atoms with E-state index in [4.69, 9.17) is 19.9 Å². The molecule has 0 saturated heterocycles. The van der Waals surface area contributed by atoms with Crippen LogP contribution in [0.3, 0.4) is 0 Å². The molecule has 10 aromatic rings. The summed E-state index contributed by atoms with van der Waals surface area (Å²) >= 11 is 0. The van der Waals surface area contributed by atoms with E-state index in [-0.39, 0.29) is 0 Å². The number of aromatic nitrogens is 6. The van der Waals surface area contributed by atoms with Gasteiger partial charge >= 0.3 is 0 Å². The van der Waals surface area contributed by atoms with E-state index >= 15 is 0 Å². The summed E-state index contributed by atoms with van der Waals surface area (Å²) in [6.07, 6.45) is 3.69. The second-order valence-corrected chi connectivity index (χ2v) is 12.3. The first kappa shape index (κ1) is 25.5. The Morgan fingerprint density at radius 2 is 1.17 bits per heavy atom. The fourth-order valence-electron chi connectivity index (χ4n) is 7.67. The highest BCUT2D eigenvalue weighted by Gasteiger charge is 2.29. The average molecular weight is 613 g/mol. The molecular formula is C42H24N6. The number of para-hydroxylation sites is 4. The third-order valence-corrected chi connectivity index (χ3v) is 9.73. The van der Waals surface area contributed by atoms with Gasteiger partial charge in [-0.1, -0.05) is 60.7 Å². The summed E-state index contributed by atoms with van der Waals surface area (Å²) in [5, 5.41) is 4.64. The van der Waals surface area contributed by atoms with Crippen LogP contribution < -0.4 is 0 Å². The van der Waals surface area contributed by atoms with E-state index in [0.29, 0.717) is 0 Å². The molecular weight excluding hydrogens is 589 g/mol. The second-order valence-electron chi connectivity index (χ2n) is 12.3. The third kappa shape index (κ3) is 3.40. The predicted octanol–water partition coefficient (Wildman–Crippen LogP) is 9.93. The van der Waals surface area contributed by atoms with Gasteiger partial charge in [-0.05, 0) is 83.9 Å². The zero-order valence-electron chi connectivity index (χ0n) is 25.5. The molecule has 6 heteroatoms. The lowest BCUT2D eigenvalue weighted by molar-refractivity contribution is 1.06. The molecule has 5 aromatic heterocycles. The second kappa shape index (κ2) is 9.44. The summed E-state index contributed by atoms with van der Waals surface area (Å²) in [5.74, 6) is 0.744. The predicted molar refractivity (Wildman–Crippen MR) is 194 cm³/mol. The van der Waals surface area contributed by atoms with Crippen molar-refractivity contribution in [1.29, 1.82) is 0 Å². The van der Waals surface area contributed by atoms with E-state index in [0.717, 1.165) is 78.1 Å². The number of nitrogens with zero attached hydrogens (tertiary/aromatic N) is 6. The summed E-state index contributed by atoms with van der Waals surface area (Å²) < 4.78 is 4.55. The highest BCUT2D eigenvalue weighted by Crippen LogP contribution is 2.47. The molecule has 0 fully saturated rings. The van der Waals surface area contributed by atoms with E-state index in [1.54, 1.807) is 0 Å². The van der Waals surface area contributed by atoms with E-state index in [9.17, 15) is 0 Å². The topological polar surface area (TPSA) is 61.4 Å². The van der Waals surface area contributed by atoms with Crippen LogP contribution in [-0.2, 0) is 0 Å². The zero-order chi connectivity index (χ0) is 31.3. The van der Waals surface area contributed by atoms with Crippen LogP contribution in [0.4, 0.5) is 0 Å². The maximum Gasteiger partial charge on any atom is 0.167 e. The minimum Gasteiger partial charge on any atom is -0.309 e. The Hall–Kier alpha value is -6.66.